The zero-order valence-corrected chi connectivity index (χ0v) is 19.5. The molecule has 2 aromatic carbocycles. The Hall–Kier alpha value is -2.78. The Morgan fingerprint density at radius 3 is 2.47 bits per heavy atom. The Bertz CT molecular complexity index is 1150. The number of hydrogen-bond acceptors (Lipinski definition) is 4. The van der Waals surface area contributed by atoms with E-state index in [4.69, 9.17) is 0 Å². The summed E-state index contributed by atoms with van der Waals surface area (Å²) in [5.41, 5.74) is 1.80. The summed E-state index contributed by atoms with van der Waals surface area (Å²) in [6.45, 7) is 7.72. The lowest BCUT2D eigenvalue weighted by atomic mass is 10.1. The van der Waals surface area contributed by atoms with Gasteiger partial charge in [0, 0.05) is 31.7 Å². The van der Waals surface area contributed by atoms with Gasteiger partial charge >= 0.3 is 0 Å². The normalized spacial score (nSPS) is 16.6. The predicted octanol–water partition coefficient (Wildman–Crippen LogP) is 3.46. The smallest absolute Gasteiger partial charge is 0.243 e. The molecule has 2 aromatic rings. The van der Waals surface area contributed by atoms with Crippen LogP contribution in [-0.2, 0) is 19.6 Å². The zero-order chi connectivity index (χ0) is 23.6. The van der Waals surface area contributed by atoms with Crippen molar-refractivity contribution in [1.82, 2.24) is 4.31 Å². The van der Waals surface area contributed by atoms with Crippen LogP contribution in [0.4, 0.5) is 15.8 Å². The van der Waals surface area contributed by atoms with Crippen molar-refractivity contribution in [3.63, 3.8) is 0 Å². The highest BCUT2D eigenvalue weighted by Gasteiger charge is 2.36. The van der Waals surface area contributed by atoms with E-state index in [0.29, 0.717) is 24.3 Å². The van der Waals surface area contributed by atoms with E-state index in [2.05, 4.69) is 5.32 Å². The molecule has 0 spiro atoms. The van der Waals surface area contributed by atoms with Gasteiger partial charge in [-0.2, -0.15) is 4.31 Å². The maximum absolute atomic E-state index is 14.3. The first kappa shape index (κ1) is 23.9. The van der Waals surface area contributed by atoms with E-state index < -0.39 is 27.7 Å². The van der Waals surface area contributed by atoms with Gasteiger partial charge in [0.05, 0.1) is 16.5 Å². The first-order chi connectivity index (χ1) is 15.1. The molecule has 1 N–H and O–H groups in total. The van der Waals surface area contributed by atoms with E-state index in [1.165, 1.54) is 27.4 Å². The predicted molar refractivity (Wildman–Crippen MR) is 122 cm³/mol. The highest BCUT2D eigenvalue weighted by atomic mass is 32.2. The van der Waals surface area contributed by atoms with Gasteiger partial charge in [-0.3, -0.25) is 9.59 Å². The van der Waals surface area contributed by atoms with Crippen LogP contribution in [0.5, 0.6) is 0 Å². The minimum atomic E-state index is -3.69. The van der Waals surface area contributed by atoms with Crippen LogP contribution in [0.15, 0.2) is 41.3 Å². The summed E-state index contributed by atoms with van der Waals surface area (Å²) in [4.78, 5) is 26.7. The van der Waals surface area contributed by atoms with Crippen LogP contribution >= 0.6 is 0 Å². The summed E-state index contributed by atoms with van der Waals surface area (Å²) >= 11 is 0. The van der Waals surface area contributed by atoms with Crippen LogP contribution < -0.4 is 10.2 Å². The Kier molecular flexibility index (Phi) is 7.00. The van der Waals surface area contributed by atoms with Crippen LogP contribution in [0.25, 0.3) is 0 Å². The van der Waals surface area contributed by atoms with Crippen LogP contribution in [0.1, 0.15) is 31.4 Å². The van der Waals surface area contributed by atoms with Crippen molar-refractivity contribution >= 4 is 33.2 Å². The van der Waals surface area contributed by atoms with Gasteiger partial charge in [-0.05, 0) is 49.2 Å². The quantitative estimate of drug-likeness (QED) is 0.684. The van der Waals surface area contributed by atoms with Gasteiger partial charge in [0.1, 0.15) is 5.82 Å². The molecule has 2 amide bonds. The van der Waals surface area contributed by atoms with Crippen LogP contribution in [0, 0.1) is 25.6 Å². The fourth-order valence-electron chi connectivity index (χ4n) is 3.85. The molecular weight excluding hydrogens is 433 g/mol. The highest BCUT2D eigenvalue weighted by Crippen LogP contribution is 2.29. The number of hydrogen-bond donors (Lipinski definition) is 1. The van der Waals surface area contributed by atoms with Crippen LogP contribution in [-0.4, -0.2) is 44.2 Å². The maximum Gasteiger partial charge on any atom is 0.243 e. The van der Waals surface area contributed by atoms with Crippen molar-refractivity contribution in [1.29, 1.82) is 0 Å². The van der Waals surface area contributed by atoms with Crippen molar-refractivity contribution in [2.45, 2.75) is 39.0 Å². The SMILES string of the molecule is CCN(CC)S(=O)(=O)c1cc(NC(=O)C2CC(=O)N(c3ccc(C)cc3F)C2)ccc1C. The zero-order valence-electron chi connectivity index (χ0n) is 18.7. The maximum atomic E-state index is 14.3. The number of aryl methyl sites for hydroxylation is 2. The lowest BCUT2D eigenvalue weighted by Crippen LogP contribution is -2.31. The highest BCUT2D eigenvalue weighted by molar-refractivity contribution is 7.89. The molecule has 0 saturated carbocycles. The number of carbonyl (C=O) groups excluding carboxylic acids is 2. The van der Waals surface area contributed by atoms with Crippen LogP contribution in [0.3, 0.4) is 0 Å². The number of sulfonamides is 1. The number of nitrogens with one attached hydrogen (secondary N) is 1. The molecule has 1 atom stereocenters. The van der Waals surface area contributed by atoms with Crippen molar-refractivity contribution in [3.05, 3.63) is 53.3 Å². The Balaban J connectivity index is 1.79. The summed E-state index contributed by atoms with van der Waals surface area (Å²) in [5.74, 6) is -1.93. The molecular formula is C23H28FN3O4S. The molecule has 0 radical (unpaired) electrons. The Morgan fingerprint density at radius 2 is 1.84 bits per heavy atom. The minimum absolute atomic E-state index is 0.0460. The average Bonchev–Trinajstić information content (AvgIpc) is 3.11. The molecule has 0 aliphatic carbocycles. The summed E-state index contributed by atoms with van der Waals surface area (Å²) in [5, 5.41) is 2.72. The van der Waals surface area contributed by atoms with E-state index in [1.54, 1.807) is 45.9 Å². The minimum Gasteiger partial charge on any atom is -0.326 e. The summed E-state index contributed by atoms with van der Waals surface area (Å²) < 4.78 is 41.5. The largest absolute Gasteiger partial charge is 0.326 e. The van der Waals surface area contributed by atoms with Crippen LogP contribution in [0.2, 0.25) is 0 Å². The van der Waals surface area contributed by atoms with E-state index in [1.807, 2.05) is 0 Å². The van der Waals surface area contributed by atoms with E-state index in [0.717, 1.165) is 5.56 Å². The standard InChI is InChI=1S/C23H28FN3O4S/c1-5-26(6-2)32(30,31)21-13-18(9-8-16(21)4)25-23(29)17-12-22(28)27(14-17)20-10-7-15(3)11-19(20)24/h7-11,13,17H,5-6,12,14H2,1-4H3,(H,25,29). The average molecular weight is 462 g/mol. The second-order valence-corrected chi connectivity index (χ2v) is 9.83. The molecule has 1 saturated heterocycles. The first-order valence-corrected chi connectivity index (χ1v) is 12.0. The van der Waals surface area contributed by atoms with Crippen molar-refractivity contribution in [2.24, 2.45) is 5.92 Å². The summed E-state index contributed by atoms with van der Waals surface area (Å²) in [6.07, 6.45) is -0.0460. The molecule has 0 aromatic heterocycles. The van der Waals surface area contributed by atoms with Crippen molar-refractivity contribution in [3.8, 4) is 0 Å². The van der Waals surface area contributed by atoms with Gasteiger partial charge in [0.25, 0.3) is 0 Å². The number of amides is 2. The third-order valence-corrected chi connectivity index (χ3v) is 7.86. The van der Waals surface area contributed by atoms with Crippen molar-refractivity contribution in [2.75, 3.05) is 29.9 Å². The third-order valence-electron chi connectivity index (χ3n) is 5.67. The molecule has 1 heterocycles. The lowest BCUT2D eigenvalue weighted by Gasteiger charge is -2.20. The lowest BCUT2D eigenvalue weighted by molar-refractivity contribution is -0.122. The number of rotatable bonds is 7. The number of carbonyl (C=O) groups is 2. The number of anilines is 2. The van der Waals surface area contributed by atoms with Gasteiger partial charge in [-0.1, -0.05) is 26.0 Å². The molecule has 1 unspecified atom stereocenters. The van der Waals surface area contributed by atoms with Gasteiger partial charge in [-0.25, -0.2) is 12.8 Å². The van der Waals surface area contributed by atoms with E-state index in [9.17, 15) is 22.4 Å². The fourth-order valence-corrected chi connectivity index (χ4v) is 5.56. The monoisotopic (exact) mass is 461 g/mol. The molecule has 1 aliphatic rings. The van der Waals surface area contributed by atoms with Gasteiger partial charge < -0.3 is 10.2 Å². The van der Waals surface area contributed by atoms with E-state index in [-0.39, 0.29) is 29.5 Å². The second kappa shape index (κ2) is 9.38. The second-order valence-electron chi connectivity index (χ2n) is 7.92. The topological polar surface area (TPSA) is 86.8 Å². The van der Waals surface area contributed by atoms with E-state index >= 15 is 0 Å². The molecule has 0 bridgehead atoms. The molecule has 9 heteroatoms. The molecule has 1 aliphatic heterocycles. The molecule has 1 fully saturated rings. The molecule has 3 rings (SSSR count). The summed E-state index contributed by atoms with van der Waals surface area (Å²) in [7, 11) is -3.69. The van der Waals surface area contributed by atoms with Gasteiger partial charge in [0.2, 0.25) is 21.8 Å². The van der Waals surface area contributed by atoms with Gasteiger partial charge in [0.15, 0.2) is 0 Å². The molecule has 32 heavy (non-hydrogen) atoms. The number of halogens is 1. The molecule has 172 valence electrons. The Morgan fingerprint density at radius 1 is 1.16 bits per heavy atom. The molecule has 7 nitrogen and oxygen atoms in total. The number of nitrogens with zero attached hydrogens (tertiary/aromatic N) is 2. The van der Waals surface area contributed by atoms with Crippen molar-refractivity contribution < 1.29 is 22.4 Å². The van der Waals surface area contributed by atoms with Gasteiger partial charge in [-0.15, -0.1) is 0 Å². The first-order valence-electron chi connectivity index (χ1n) is 10.6. The Labute approximate surface area is 188 Å². The summed E-state index contributed by atoms with van der Waals surface area (Å²) in [6, 6.07) is 9.30. The fraction of sp³-hybridized carbons (Fsp3) is 0.391. The number of benzene rings is 2. The third kappa shape index (κ3) is 4.68.